The maximum absolute atomic E-state index is 16.4. The minimum atomic E-state index is -3.51. The lowest BCUT2D eigenvalue weighted by Crippen LogP contribution is -2.31. The molecular weight excluding hydrogens is 610 g/mol. The van der Waals surface area contributed by atoms with Gasteiger partial charge in [0.05, 0.1) is 16.2 Å². The number of nitrogens with zero attached hydrogens (tertiary/aromatic N) is 6. The summed E-state index contributed by atoms with van der Waals surface area (Å²) in [6.45, 7) is 1.83. The molecule has 0 radical (unpaired) electrons. The molecule has 0 spiro atoms. The number of pyridine rings is 1. The van der Waals surface area contributed by atoms with Crippen LogP contribution in [0.4, 0.5) is 14.6 Å². The number of ether oxygens (including phenoxy) is 1. The van der Waals surface area contributed by atoms with Gasteiger partial charge in [0.15, 0.2) is 15.7 Å². The van der Waals surface area contributed by atoms with Gasteiger partial charge in [0, 0.05) is 48.7 Å². The van der Waals surface area contributed by atoms with E-state index >= 15 is 4.39 Å². The summed E-state index contributed by atoms with van der Waals surface area (Å²) in [4.78, 5) is 19.1. The minimum absolute atomic E-state index is 0.0357. The van der Waals surface area contributed by atoms with Crippen molar-refractivity contribution in [3.05, 3.63) is 64.7 Å². The predicted molar refractivity (Wildman–Crippen MR) is 171 cm³/mol. The highest BCUT2D eigenvalue weighted by Gasteiger charge is 2.25. The van der Waals surface area contributed by atoms with E-state index in [1.807, 2.05) is 26.0 Å². The number of anilines is 1. The van der Waals surface area contributed by atoms with Crippen molar-refractivity contribution < 1.29 is 21.9 Å². The van der Waals surface area contributed by atoms with Gasteiger partial charge >= 0.3 is 6.01 Å². The van der Waals surface area contributed by atoms with Crippen LogP contribution in [0.2, 0.25) is 5.02 Å². The number of likely N-dealkylation sites (N-methyl/N-ethyl adjacent to an activating group) is 2. The molecule has 2 aromatic carbocycles. The number of benzene rings is 2. The van der Waals surface area contributed by atoms with Crippen LogP contribution in [-0.2, 0) is 9.84 Å². The standard InChI is InChI=1S/C31H35ClF2N6O3S/c1-38(2)13-7-16-44(41,42)17-15-40(4)30-23-18-35-28(22-10-5-8-20-11-12-24(33)26(32)25(20)22)27(34)29(23)36-31(37-30)43-19-21-9-6-14-39(21)3/h5,7-8,10-12,16,18,21H,6,9,13-15,17,19H2,1-4H3/b16-7+/t21-/m0/s1. The van der Waals surface area contributed by atoms with Crippen LogP contribution in [0.25, 0.3) is 32.9 Å². The molecule has 9 nitrogen and oxygen atoms in total. The molecule has 4 aromatic rings. The third-order valence-corrected chi connectivity index (χ3v) is 9.49. The Labute approximate surface area is 261 Å². The van der Waals surface area contributed by atoms with Crippen LogP contribution in [-0.4, -0.2) is 99.4 Å². The summed E-state index contributed by atoms with van der Waals surface area (Å²) in [7, 11) is 3.88. The van der Waals surface area contributed by atoms with E-state index in [9.17, 15) is 12.8 Å². The van der Waals surface area contributed by atoms with Gasteiger partial charge in [-0.25, -0.2) is 17.2 Å². The van der Waals surface area contributed by atoms with E-state index in [0.29, 0.717) is 29.5 Å². The van der Waals surface area contributed by atoms with E-state index < -0.39 is 21.5 Å². The number of aromatic nitrogens is 3. The number of likely N-dealkylation sites (tertiary alicyclic amines) is 1. The Morgan fingerprint density at radius 1 is 1.16 bits per heavy atom. The fourth-order valence-electron chi connectivity index (χ4n) is 5.27. The molecule has 44 heavy (non-hydrogen) atoms. The predicted octanol–water partition coefficient (Wildman–Crippen LogP) is 5.18. The Hall–Kier alpha value is -3.45. The highest BCUT2D eigenvalue weighted by Crippen LogP contribution is 2.38. The molecule has 1 aliphatic rings. The molecule has 0 bridgehead atoms. The molecule has 0 saturated carbocycles. The Bertz CT molecular complexity index is 1820. The SMILES string of the molecule is CN(C)C/C=C/S(=O)(=O)CCN(C)c1nc(OC[C@@H]2CCCN2C)nc2c(F)c(-c3cccc4ccc(F)c(Cl)c34)ncc12. The Balaban J connectivity index is 1.56. The van der Waals surface area contributed by atoms with Gasteiger partial charge in [-0.2, -0.15) is 9.97 Å². The fourth-order valence-corrected chi connectivity index (χ4v) is 6.59. The van der Waals surface area contributed by atoms with Gasteiger partial charge in [0.25, 0.3) is 0 Å². The molecule has 1 fully saturated rings. The Morgan fingerprint density at radius 3 is 2.68 bits per heavy atom. The lowest BCUT2D eigenvalue weighted by Gasteiger charge is -2.22. The minimum Gasteiger partial charge on any atom is -0.462 e. The van der Waals surface area contributed by atoms with E-state index in [0.717, 1.165) is 19.4 Å². The first-order valence-corrected chi connectivity index (χ1v) is 16.4. The normalized spacial score (nSPS) is 16.1. The average Bonchev–Trinajstić information content (AvgIpc) is 3.40. The number of halogens is 3. The zero-order valence-corrected chi connectivity index (χ0v) is 26.7. The molecule has 234 valence electrons. The molecule has 13 heteroatoms. The molecule has 1 saturated heterocycles. The van der Waals surface area contributed by atoms with Crippen LogP contribution in [0.15, 0.2) is 48.0 Å². The van der Waals surface area contributed by atoms with E-state index in [1.165, 1.54) is 17.7 Å². The van der Waals surface area contributed by atoms with Crippen molar-refractivity contribution in [1.82, 2.24) is 24.8 Å². The molecule has 0 amide bonds. The first-order chi connectivity index (χ1) is 20.9. The van der Waals surface area contributed by atoms with Gasteiger partial charge in [-0.3, -0.25) is 4.98 Å². The Morgan fingerprint density at radius 2 is 1.95 bits per heavy atom. The van der Waals surface area contributed by atoms with Crippen molar-refractivity contribution >= 4 is 48.9 Å². The summed E-state index contributed by atoms with van der Waals surface area (Å²) in [5, 5.41) is 2.31. The van der Waals surface area contributed by atoms with Crippen LogP contribution in [0.3, 0.4) is 0 Å². The first-order valence-electron chi connectivity index (χ1n) is 14.3. The van der Waals surface area contributed by atoms with Crippen LogP contribution in [0.1, 0.15) is 12.8 Å². The fraction of sp³-hybridized carbons (Fsp3) is 0.387. The van der Waals surface area contributed by atoms with Crippen molar-refractivity contribution in [2.45, 2.75) is 18.9 Å². The molecule has 0 aliphatic carbocycles. The van der Waals surface area contributed by atoms with Gasteiger partial charge < -0.3 is 19.4 Å². The van der Waals surface area contributed by atoms with Crippen molar-refractivity contribution in [2.24, 2.45) is 0 Å². The molecule has 5 rings (SSSR count). The maximum Gasteiger partial charge on any atom is 0.319 e. The zero-order valence-electron chi connectivity index (χ0n) is 25.1. The smallest absolute Gasteiger partial charge is 0.319 e. The summed E-state index contributed by atoms with van der Waals surface area (Å²) in [5.74, 6) is -1.29. The third-order valence-electron chi connectivity index (χ3n) is 7.76. The average molecular weight is 645 g/mol. The van der Waals surface area contributed by atoms with E-state index in [1.54, 1.807) is 42.3 Å². The summed E-state index contributed by atoms with van der Waals surface area (Å²) in [6, 6.07) is 8.07. The third kappa shape index (κ3) is 6.93. The van der Waals surface area contributed by atoms with Crippen LogP contribution < -0.4 is 9.64 Å². The number of rotatable bonds is 11. The number of hydrogen-bond acceptors (Lipinski definition) is 9. The van der Waals surface area contributed by atoms with Crippen molar-refractivity contribution in [1.29, 1.82) is 0 Å². The van der Waals surface area contributed by atoms with Gasteiger partial charge in [0.2, 0.25) is 0 Å². The number of fused-ring (bicyclic) bond motifs is 2. The van der Waals surface area contributed by atoms with Crippen LogP contribution in [0, 0.1) is 11.6 Å². The lowest BCUT2D eigenvalue weighted by atomic mass is 10.0. The van der Waals surface area contributed by atoms with Crippen LogP contribution in [0.5, 0.6) is 6.01 Å². The molecule has 1 atom stereocenters. The molecule has 2 aromatic heterocycles. The quantitative estimate of drug-likeness (QED) is 0.219. The second-order valence-corrected chi connectivity index (χ2v) is 13.7. The highest BCUT2D eigenvalue weighted by molar-refractivity contribution is 7.94. The largest absolute Gasteiger partial charge is 0.462 e. The lowest BCUT2D eigenvalue weighted by molar-refractivity contribution is 0.188. The number of sulfone groups is 1. The molecule has 0 N–H and O–H groups in total. The maximum atomic E-state index is 16.4. The molecule has 3 heterocycles. The van der Waals surface area contributed by atoms with E-state index in [-0.39, 0.29) is 51.8 Å². The highest BCUT2D eigenvalue weighted by atomic mass is 35.5. The van der Waals surface area contributed by atoms with E-state index in [2.05, 4.69) is 19.9 Å². The van der Waals surface area contributed by atoms with Gasteiger partial charge in [-0.1, -0.05) is 41.9 Å². The summed E-state index contributed by atoms with van der Waals surface area (Å²) in [5.41, 5.74) is 0.198. The topological polar surface area (TPSA) is 91.8 Å². The van der Waals surface area contributed by atoms with E-state index in [4.69, 9.17) is 16.3 Å². The van der Waals surface area contributed by atoms with Crippen LogP contribution >= 0.6 is 11.6 Å². The zero-order chi connectivity index (χ0) is 31.6. The molecule has 1 aliphatic heterocycles. The second-order valence-electron chi connectivity index (χ2n) is 11.3. The van der Waals surface area contributed by atoms with Crippen molar-refractivity contribution in [3.8, 4) is 17.3 Å². The van der Waals surface area contributed by atoms with Crippen molar-refractivity contribution in [3.63, 3.8) is 0 Å². The molecule has 0 unspecified atom stereocenters. The molecular formula is C31H35ClF2N6O3S. The van der Waals surface area contributed by atoms with Crippen molar-refractivity contribution in [2.75, 3.05) is 65.1 Å². The summed E-state index contributed by atoms with van der Waals surface area (Å²) < 4.78 is 62.2. The second kappa shape index (κ2) is 13.3. The van der Waals surface area contributed by atoms with Gasteiger partial charge in [-0.05, 0) is 52.0 Å². The number of hydrogen-bond donors (Lipinski definition) is 0. The van der Waals surface area contributed by atoms with Gasteiger partial charge in [-0.15, -0.1) is 0 Å². The van der Waals surface area contributed by atoms with Gasteiger partial charge in [0.1, 0.15) is 29.5 Å². The first kappa shape index (κ1) is 32.0. The summed E-state index contributed by atoms with van der Waals surface area (Å²) >= 11 is 6.34. The Kier molecular flexibility index (Phi) is 9.64. The monoisotopic (exact) mass is 644 g/mol. The summed E-state index contributed by atoms with van der Waals surface area (Å²) in [6.07, 6.45) is 5.03.